The Morgan fingerprint density at radius 2 is 1.93 bits per heavy atom. The molecule has 28 heavy (non-hydrogen) atoms. The normalized spacial score (nSPS) is 13.8. The van der Waals surface area contributed by atoms with E-state index >= 15 is 0 Å². The van der Waals surface area contributed by atoms with E-state index in [9.17, 15) is 13.2 Å². The first-order valence-electron chi connectivity index (χ1n) is 9.07. The largest absolute Gasteiger partial charge is 0.467 e. The molecule has 2 aromatic carbocycles. The Bertz CT molecular complexity index is 1090. The summed E-state index contributed by atoms with van der Waals surface area (Å²) in [6.07, 6.45) is 3.15. The van der Waals surface area contributed by atoms with Gasteiger partial charge in [0.1, 0.15) is 5.76 Å². The highest BCUT2D eigenvalue weighted by molar-refractivity contribution is 7.92. The van der Waals surface area contributed by atoms with Crippen molar-refractivity contribution in [2.24, 2.45) is 0 Å². The third-order valence-electron chi connectivity index (χ3n) is 4.76. The Labute approximate surface area is 163 Å². The first kappa shape index (κ1) is 18.3. The summed E-state index contributed by atoms with van der Waals surface area (Å²) in [6.45, 7) is 0.663. The Kier molecular flexibility index (Phi) is 4.92. The minimum Gasteiger partial charge on any atom is -0.467 e. The van der Waals surface area contributed by atoms with Crippen molar-refractivity contribution in [1.82, 2.24) is 5.32 Å². The average molecular weight is 396 g/mol. The van der Waals surface area contributed by atoms with E-state index in [-0.39, 0.29) is 22.9 Å². The standard InChI is InChI=1S/C21H20N2O4S/c24-21(22-15-18-9-5-13-27-18)17-7-3-10-19(14-17)28(25,26)23-12-4-8-16-6-1-2-11-20(16)23/h1-3,5-7,9-11,13-14H,4,8,12,15H2,(H,22,24). The monoisotopic (exact) mass is 396 g/mol. The zero-order valence-electron chi connectivity index (χ0n) is 15.2. The molecule has 1 aromatic heterocycles. The van der Waals surface area contributed by atoms with E-state index in [2.05, 4.69) is 5.32 Å². The summed E-state index contributed by atoms with van der Waals surface area (Å²) in [7, 11) is -3.75. The van der Waals surface area contributed by atoms with Crippen LogP contribution in [0.25, 0.3) is 0 Å². The molecule has 0 saturated carbocycles. The number of aryl methyl sites for hydroxylation is 1. The first-order chi connectivity index (χ1) is 13.6. The van der Waals surface area contributed by atoms with Crippen molar-refractivity contribution in [3.05, 3.63) is 83.8 Å². The second-order valence-corrected chi connectivity index (χ2v) is 8.46. The van der Waals surface area contributed by atoms with Gasteiger partial charge in [-0.15, -0.1) is 0 Å². The molecule has 1 amide bonds. The topological polar surface area (TPSA) is 79.6 Å². The highest BCUT2D eigenvalue weighted by Gasteiger charge is 2.29. The number of rotatable bonds is 5. The maximum Gasteiger partial charge on any atom is 0.264 e. The van der Waals surface area contributed by atoms with Crippen molar-refractivity contribution in [2.75, 3.05) is 10.8 Å². The number of nitrogens with zero attached hydrogens (tertiary/aromatic N) is 1. The molecule has 0 fully saturated rings. The van der Waals surface area contributed by atoms with E-state index in [1.807, 2.05) is 24.3 Å². The molecule has 0 bridgehead atoms. The summed E-state index contributed by atoms with van der Waals surface area (Å²) in [5, 5.41) is 2.73. The van der Waals surface area contributed by atoms with E-state index in [0.717, 1.165) is 18.4 Å². The number of furan rings is 1. The number of sulfonamides is 1. The van der Waals surface area contributed by atoms with Gasteiger partial charge in [-0.3, -0.25) is 9.10 Å². The van der Waals surface area contributed by atoms with Crippen molar-refractivity contribution in [2.45, 2.75) is 24.3 Å². The lowest BCUT2D eigenvalue weighted by atomic mass is 10.0. The summed E-state index contributed by atoms with van der Waals surface area (Å²) in [5.74, 6) is 0.273. The Morgan fingerprint density at radius 3 is 2.75 bits per heavy atom. The molecular weight excluding hydrogens is 376 g/mol. The fraction of sp³-hybridized carbons (Fsp3) is 0.190. The first-order valence-corrected chi connectivity index (χ1v) is 10.5. The van der Waals surface area contributed by atoms with Gasteiger partial charge in [0, 0.05) is 12.1 Å². The van der Waals surface area contributed by atoms with Crippen molar-refractivity contribution in [1.29, 1.82) is 0 Å². The lowest BCUT2D eigenvalue weighted by Crippen LogP contribution is -2.35. The zero-order chi connectivity index (χ0) is 19.6. The van der Waals surface area contributed by atoms with Crippen LogP contribution in [0.15, 0.2) is 76.2 Å². The molecule has 0 spiro atoms. The smallest absolute Gasteiger partial charge is 0.264 e. The Balaban J connectivity index is 1.59. The molecule has 1 aliphatic heterocycles. The lowest BCUT2D eigenvalue weighted by Gasteiger charge is -2.30. The van der Waals surface area contributed by atoms with Crippen LogP contribution >= 0.6 is 0 Å². The number of benzene rings is 2. The molecule has 6 nitrogen and oxygen atoms in total. The maximum absolute atomic E-state index is 13.2. The molecule has 7 heteroatoms. The highest BCUT2D eigenvalue weighted by Crippen LogP contribution is 2.31. The minimum absolute atomic E-state index is 0.106. The second-order valence-electron chi connectivity index (χ2n) is 6.60. The highest BCUT2D eigenvalue weighted by atomic mass is 32.2. The van der Waals surface area contributed by atoms with Gasteiger partial charge >= 0.3 is 0 Å². The van der Waals surface area contributed by atoms with Crippen molar-refractivity contribution in [3.63, 3.8) is 0 Å². The van der Waals surface area contributed by atoms with E-state index in [1.54, 1.807) is 24.3 Å². The number of carbonyl (C=O) groups excluding carboxylic acids is 1. The quantitative estimate of drug-likeness (QED) is 0.717. The fourth-order valence-electron chi connectivity index (χ4n) is 3.36. The van der Waals surface area contributed by atoms with Gasteiger partial charge in [0.05, 0.1) is 23.4 Å². The zero-order valence-corrected chi connectivity index (χ0v) is 16.0. The third kappa shape index (κ3) is 3.53. The van der Waals surface area contributed by atoms with Gasteiger partial charge in [-0.2, -0.15) is 0 Å². The van der Waals surface area contributed by atoms with Gasteiger partial charge in [-0.25, -0.2) is 8.42 Å². The SMILES string of the molecule is O=C(NCc1ccco1)c1cccc(S(=O)(=O)N2CCCc3ccccc32)c1. The van der Waals surface area contributed by atoms with Gasteiger partial charge in [-0.1, -0.05) is 24.3 Å². The molecular formula is C21H20N2O4S. The summed E-state index contributed by atoms with van der Waals surface area (Å²) in [4.78, 5) is 12.5. The number of amides is 1. The van der Waals surface area contributed by atoms with Gasteiger partial charge in [0.25, 0.3) is 15.9 Å². The van der Waals surface area contributed by atoms with Crippen LogP contribution in [0.3, 0.4) is 0 Å². The van der Waals surface area contributed by atoms with E-state index in [1.165, 1.54) is 22.7 Å². The van der Waals surface area contributed by atoms with Crippen LogP contribution in [0.5, 0.6) is 0 Å². The molecule has 4 rings (SSSR count). The molecule has 1 N–H and O–H groups in total. The van der Waals surface area contributed by atoms with Crippen LogP contribution in [0.1, 0.15) is 28.1 Å². The molecule has 3 aromatic rings. The molecule has 2 heterocycles. The molecule has 0 radical (unpaired) electrons. The molecule has 0 atom stereocenters. The number of nitrogens with one attached hydrogen (secondary N) is 1. The third-order valence-corrected chi connectivity index (χ3v) is 6.56. The predicted molar refractivity (Wildman–Crippen MR) is 106 cm³/mol. The number of fused-ring (bicyclic) bond motifs is 1. The summed E-state index contributed by atoms with van der Waals surface area (Å²) in [6, 6.07) is 17.2. The van der Waals surface area contributed by atoms with Crippen LogP contribution in [0.4, 0.5) is 5.69 Å². The molecule has 144 valence electrons. The average Bonchev–Trinajstić information content (AvgIpc) is 3.25. The number of hydrogen-bond acceptors (Lipinski definition) is 4. The summed E-state index contributed by atoms with van der Waals surface area (Å²) >= 11 is 0. The molecule has 0 saturated heterocycles. The van der Waals surface area contributed by atoms with Gasteiger partial charge < -0.3 is 9.73 Å². The van der Waals surface area contributed by atoms with Crippen LogP contribution < -0.4 is 9.62 Å². The molecule has 0 aliphatic carbocycles. The van der Waals surface area contributed by atoms with E-state index < -0.39 is 10.0 Å². The van der Waals surface area contributed by atoms with Crippen LogP contribution in [-0.4, -0.2) is 20.9 Å². The number of carbonyl (C=O) groups is 1. The van der Waals surface area contributed by atoms with E-state index in [0.29, 0.717) is 18.0 Å². The van der Waals surface area contributed by atoms with Crippen molar-refractivity contribution in [3.8, 4) is 0 Å². The second kappa shape index (κ2) is 7.52. The van der Waals surface area contributed by atoms with Crippen LogP contribution in [0, 0.1) is 0 Å². The van der Waals surface area contributed by atoms with Crippen molar-refractivity contribution < 1.29 is 17.6 Å². The number of hydrogen-bond donors (Lipinski definition) is 1. The summed E-state index contributed by atoms with van der Waals surface area (Å²) < 4.78 is 33.1. The Morgan fingerprint density at radius 1 is 1.07 bits per heavy atom. The number of anilines is 1. The Hall–Kier alpha value is -3.06. The van der Waals surface area contributed by atoms with Gasteiger partial charge in [0.2, 0.25) is 0 Å². The lowest BCUT2D eigenvalue weighted by molar-refractivity contribution is 0.0948. The number of para-hydroxylation sites is 1. The molecule has 1 aliphatic rings. The van der Waals surface area contributed by atoms with Crippen LogP contribution in [0.2, 0.25) is 0 Å². The fourth-order valence-corrected chi connectivity index (χ4v) is 4.94. The predicted octanol–water partition coefficient (Wildman–Crippen LogP) is 3.35. The van der Waals surface area contributed by atoms with Gasteiger partial charge in [-0.05, 0) is 54.8 Å². The minimum atomic E-state index is -3.75. The van der Waals surface area contributed by atoms with E-state index in [4.69, 9.17) is 4.42 Å². The van der Waals surface area contributed by atoms with Gasteiger partial charge in [0.15, 0.2) is 0 Å². The summed E-state index contributed by atoms with van der Waals surface area (Å²) in [5.41, 5.74) is 2.02. The molecule has 0 unspecified atom stereocenters. The van der Waals surface area contributed by atoms with Crippen LogP contribution in [-0.2, 0) is 23.0 Å². The van der Waals surface area contributed by atoms with Crippen molar-refractivity contribution >= 4 is 21.6 Å². The maximum atomic E-state index is 13.2.